The number of morpholine rings is 1. The van der Waals surface area contributed by atoms with E-state index in [0.717, 1.165) is 35.6 Å². The first kappa shape index (κ1) is 24.0. The van der Waals surface area contributed by atoms with E-state index in [1.54, 1.807) is 6.20 Å². The van der Waals surface area contributed by atoms with Crippen LogP contribution in [-0.4, -0.2) is 60.0 Å². The van der Waals surface area contributed by atoms with Gasteiger partial charge in [0.15, 0.2) is 17.7 Å². The molecule has 0 spiro atoms. The van der Waals surface area contributed by atoms with Gasteiger partial charge in [0.05, 0.1) is 24.6 Å². The van der Waals surface area contributed by atoms with Crippen LogP contribution >= 0.6 is 0 Å². The quantitative estimate of drug-likeness (QED) is 0.250. The number of nitrogens with zero attached hydrogens (tertiary/aromatic N) is 4. The number of amides is 1. The summed E-state index contributed by atoms with van der Waals surface area (Å²) in [5, 5.41) is 10.3. The minimum absolute atomic E-state index is 0.186. The van der Waals surface area contributed by atoms with Crippen LogP contribution in [0.1, 0.15) is 16.8 Å². The van der Waals surface area contributed by atoms with E-state index in [2.05, 4.69) is 25.1 Å². The molecule has 6 N–H and O–H groups in total. The molecule has 180 valence electrons. The summed E-state index contributed by atoms with van der Waals surface area (Å²) in [4.78, 5) is 30.8. The molecule has 0 radical (unpaired) electrons. The number of benzodiazepines with no additional fused rings is 1. The topological polar surface area (TPSA) is 165 Å². The SMILES string of the molecule is N=C(ON)c1nccnc1N1CCOCC1.NC1N=C(c2ccccc2)c2ccccc2NC1=O. The van der Waals surface area contributed by atoms with E-state index in [1.165, 1.54) is 6.20 Å². The van der Waals surface area contributed by atoms with Crippen molar-refractivity contribution in [2.75, 3.05) is 36.5 Å². The number of aromatic nitrogens is 2. The molecule has 5 rings (SSSR count). The molecule has 1 aromatic heterocycles. The normalized spacial score (nSPS) is 17.1. The maximum Gasteiger partial charge on any atom is 0.263 e. The third-order valence-electron chi connectivity index (χ3n) is 5.35. The van der Waals surface area contributed by atoms with Crippen LogP contribution < -0.4 is 21.8 Å². The Balaban J connectivity index is 0.000000168. The molecule has 35 heavy (non-hydrogen) atoms. The average molecular weight is 475 g/mol. The minimum Gasteiger partial charge on any atom is -0.389 e. The van der Waals surface area contributed by atoms with Gasteiger partial charge in [-0.3, -0.25) is 15.2 Å². The predicted molar refractivity (Wildman–Crippen MR) is 132 cm³/mol. The first-order valence-corrected chi connectivity index (χ1v) is 11.0. The number of nitrogens with two attached hydrogens (primary N) is 2. The molecule has 1 amide bonds. The zero-order valence-electron chi connectivity index (χ0n) is 18.9. The summed E-state index contributed by atoms with van der Waals surface area (Å²) in [5.41, 5.74) is 9.45. The van der Waals surface area contributed by atoms with E-state index in [0.29, 0.717) is 24.7 Å². The highest BCUT2D eigenvalue weighted by Gasteiger charge is 2.22. The van der Waals surface area contributed by atoms with Crippen molar-refractivity contribution in [3.8, 4) is 0 Å². The molecule has 2 aliphatic heterocycles. The van der Waals surface area contributed by atoms with E-state index in [9.17, 15) is 4.79 Å². The predicted octanol–water partition coefficient (Wildman–Crippen LogP) is 1.29. The van der Waals surface area contributed by atoms with Gasteiger partial charge in [0.1, 0.15) is 0 Å². The maximum absolute atomic E-state index is 11.8. The van der Waals surface area contributed by atoms with Gasteiger partial charge in [-0.2, -0.15) is 5.90 Å². The molecule has 2 aliphatic rings. The average Bonchev–Trinajstić information content (AvgIpc) is 3.05. The second-order valence-electron chi connectivity index (χ2n) is 7.60. The van der Waals surface area contributed by atoms with Crippen LogP contribution in [0.4, 0.5) is 11.5 Å². The highest BCUT2D eigenvalue weighted by atomic mass is 16.6. The van der Waals surface area contributed by atoms with Crippen LogP contribution in [0.15, 0.2) is 72.0 Å². The van der Waals surface area contributed by atoms with Crippen molar-refractivity contribution in [1.82, 2.24) is 9.97 Å². The molecule has 0 aliphatic carbocycles. The van der Waals surface area contributed by atoms with Crippen molar-refractivity contribution >= 4 is 29.0 Å². The number of benzene rings is 2. The summed E-state index contributed by atoms with van der Waals surface area (Å²) >= 11 is 0. The van der Waals surface area contributed by atoms with Gasteiger partial charge in [-0.05, 0) is 6.07 Å². The Labute approximate surface area is 202 Å². The van der Waals surface area contributed by atoms with E-state index < -0.39 is 6.17 Å². The van der Waals surface area contributed by atoms with Crippen LogP contribution in [0.3, 0.4) is 0 Å². The van der Waals surface area contributed by atoms with Gasteiger partial charge in [-0.15, -0.1) is 0 Å². The molecule has 11 heteroatoms. The Kier molecular flexibility index (Phi) is 7.73. The number of anilines is 2. The van der Waals surface area contributed by atoms with E-state index in [1.807, 2.05) is 59.5 Å². The van der Waals surface area contributed by atoms with Gasteiger partial charge in [-0.1, -0.05) is 48.5 Å². The Morgan fingerprint density at radius 1 is 1.06 bits per heavy atom. The molecular weight excluding hydrogens is 448 g/mol. The third kappa shape index (κ3) is 5.66. The fourth-order valence-electron chi connectivity index (χ4n) is 3.65. The molecule has 1 atom stereocenters. The first-order valence-electron chi connectivity index (χ1n) is 11.0. The number of aliphatic imine (C=N–C) groups is 1. The number of nitrogens with one attached hydrogen (secondary N) is 2. The number of ether oxygens (including phenoxy) is 1. The summed E-state index contributed by atoms with van der Waals surface area (Å²) in [7, 11) is 0. The largest absolute Gasteiger partial charge is 0.389 e. The summed E-state index contributed by atoms with van der Waals surface area (Å²) in [5.74, 6) is 5.10. The van der Waals surface area contributed by atoms with Crippen molar-refractivity contribution in [2.24, 2.45) is 16.6 Å². The molecule has 3 heterocycles. The van der Waals surface area contributed by atoms with Crippen molar-refractivity contribution in [3.05, 3.63) is 83.8 Å². The van der Waals surface area contributed by atoms with E-state index in [-0.39, 0.29) is 11.8 Å². The summed E-state index contributed by atoms with van der Waals surface area (Å²) in [6.07, 6.45) is 2.20. The lowest BCUT2D eigenvalue weighted by Gasteiger charge is -2.28. The van der Waals surface area contributed by atoms with Crippen LogP contribution in [0.25, 0.3) is 0 Å². The van der Waals surface area contributed by atoms with Gasteiger partial charge < -0.3 is 25.5 Å². The Bertz CT molecular complexity index is 1210. The number of para-hydroxylation sites is 1. The van der Waals surface area contributed by atoms with Crippen molar-refractivity contribution in [3.63, 3.8) is 0 Å². The Morgan fingerprint density at radius 2 is 1.74 bits per heavy atom. The van der Waals surface area contributed by atoms with Crippen molar-refractivity contribution in [2.45, 2.75) is 6.17 Å². The Morgan fingerprint density at radius 3 is 2.49 bits per heavy atom. The highest BCUT2D eigenvalue weighted by molar-refractivity contribution is 6.19. The van der Waals surface area contributed by atoms with E-state index >= 15 is 0 Å². The molecule has 1 saturated heterocycles. The second-order valence-corrected chi connectivity index (χ2v) is 7.60. The summed E-state index contributed by atoms with van der Waals surface area (Å²) in [6, 6.07) is 17.3. The number of hydrogen-bond donors (Lipinski definition) is 4. The fourth-order valence-corrected chi connectivity index (χ4v) is 3.65. The molecule has 0 bridgehead atoms. The number of carbonyl (C=O) groups is 1. The van der Waals surface area contributed by atoms with Gasteiger partial charge >= 0.3 is 0 Å². The van der Waals surface area contributed by atoms with Crippen molar-refractivity contribution in [1.29, 1.82) is 5.41 Å². The lowest BCUT2D eigenvalue weighted by atomic mass is 10.0. The minimum atomic E-state index is -0.886. The molecule has 3 aromatic rings. The third-order valence-corrected chi connectivity index (χ3v) is 5.35. The number of hydrogen-bond acceptors (Lipinski definition) is 10. The zero-order valence-corrected chi connectivity index (χ0v) is 18.9. The zero-order chi connectivity index (χ0) is 24.6. The maximum atomic E-state index is 11.8. The van der Waals surface area contributed by atoms with Gasteiger partial charge in [0.2, 0.25) is 0 Å². The number of rotatable bonds is 3. The monoisotopic (exact) mass is 474 g/mol. The first-order chi connectivity index (χ1) is 17.1. The van der Waals surface area contributed by atoms with Crippen LogP contribution in [0.2, 0.25) is 0 Å². The van der Waals surface area contributed by atoms with E-state index in [4.69, 9.17) is 21.8 Å². The molecule has 11 nitrogen and oxygen atoms in total. The molecule has 2 aromatic carbocycles. The van der Waals surface area contributed by atoms with Crippen LogP contribution in [0, 0.1) is 5.41 Å². The number of fused-ring (bicyclic) bond motifs is 1. The second kappa shape index (κ2) is 11.3. The standard InChI is InChI=1S/C15H13N3O.C9H13N5O2/c16-14-15(19)17-12-9-5-4-8-11(12)13(18-14)10-6-2-1-3-7-10;10-8(16-11)7-9(13-2-1-12-7)14-3-5-15-6-4-14/h1-9,14H,16H2,(H,17,19);1-2,10H,3-6,11H2. The van der Waals surface area contributed by atoms with Gasteiger partial charge in [0, 0.05) is 36.6 Å². The molecular formula is C24H26N8O3. The fraction of sp³-hybridized carbons (Fsp3) is 0.208. The Hall–Kier alpha value is -4.19. The van der Waals surface area contributed by atoms with Crippen LogP contribution in [-0.2, 0) is 14.4 Å². The molecule has 1 fully saturated rings. The van der Waals surface area contributed by atoms with Crippen molar-refractivity contribution < 1.29 is 14.4 Å². The molecule has 0 saturated carbocycles. The summed E-state index contributed by atoms with van der Waals surface area (Å²) in [6.45, 7) is 2.74. The van der Waals surface area contributed by atoms with Crippen LogP contribution in [0.5, 0.6) is 0 Å². The smallest absolute Gasteiger partial charge is 0.263 e. The highest BCUT2D eigenvalue weighted by Crippen LogP contribution is 2.23. The van der Waals surface area contributed by atoms with Gasteiger partial charge in [-0.25, -0.2) is 9.97 Å². The van der Waals surface area contributed by atoms with Gasteiger partial charge in [0.25, 0.3) is 11.8 Å². The molecule has 1 unspecified atom stereocenters. The number of carbonyl (C=O) groups excluding carboxylic acids is 1. The lowest BCUT2D eigenvalue weighted by Crippen LogP contribution is -2.38. The lowest BCUT2D eigenvalue weighted by molar-refractivity contribution is -0.117. The summed E-state index contributed by atoms with van der Waals surface area (Å²) < 4.78 is 5.25.